The first-order valence-electron chi connectivity index (χ1n) is 6.70. The van der Waals surface area contributed by atoms with Crippen LogP contribution in [0.1, 0.15) is 18.9 Å². The summed E-state index contributed by atoms with van der Waals surface area (Å²) < 4.78 is 4.84. The standard InChI is InChI=1S/C15H20ClNO4/c1-10(8-11-4-3-5-12(16)9-11)14(18)17-13(15(19)20)6-7-21-2/h3-5,9-10,13H,6-8H2,1-2H3,(H,17,18)(H,19,20). The van der Waals surface area contributed by atoms with Crippen LogP contribution < -0.4 is 5.32 Å². The van der Waals surface area contributed by atoms with Gasteiger partial charge in [0.25, 0.3) is 0 Å². The number of amides is 1. The minimum Gasteiger partial charge on any atom is -0.480 e. The van der Waals surface area contributed by atoms with Gasteiger partial charge in [-0.1, -0.05) is 30.7 Å². The van der Waals surface area contributed by atoms with E-state index in [9.17, 15) is 9.59 Å². The van der Waals surface area contributed by atoms with Gasteiger partial charge in [-0.15, -0.1) is 0 Å². The summed E-state index contributed by atoms with van der Waals surface area (Å²) in [5, 5.41) is 12.2. The van der Waals surface area contributed by atoms with E-state index in [-0.39, 0.29) is 24.9 Å². The quantitative estimate of drug-likeness (QED) is 0.771. The van der Waals surface area contributed by atoms with Crippen molar-refractivity contribution in [2.24, 2.45) is 5.92 Å². The Labute approximate surface area is 129 Å². The molecule has 1 rings (SSSR count). The zero-order valence-electron chi connectivity index (χ0n) is 12.1. The number of carbonyl (C=O) groups excluding carboxylic acids is 1. The molecule has 0 aromatic heterocycles. The Hall–Kier alpha value is -1.59. The van der Waals surface area contributed by atoms with E-state index in [1.807, 2.05) is 12.1 Å². The molecule has 116 valence electrons. The van der Waals surface area contributed by atoms with Crippen LogP contribution in [0.4, 0.5) is 0 Å². The number of hydrogen-bond donors (Lipinski definition) is 2. The average molecular weight is 314 g/mol. The lowest BCUT2D eigenvalue weighted by atomic mass is 10.00. The summed E-state index contributed by atoms with van der Waals surface area (Å²) in [5.74, 6) is -1.69. The molecular formula is C15H20ClNO4. The number of aliphatic carboxylic acids is 1. The maximum absolute atomic E-state index is 12.1. The van der Waals surface area contributed by atoms with E-state index < -0.39 is 12.0 Å². The van der Waals surface area contributed by atoms with Gasteiger partial charge in [0.05, 0.1) is 0 Å². The molecule has 0 aliphatic rings. The Kier molecular flexibility index (Phi) is 7.19. The number of carboxylic acid groups (broad SMARTS) is 1. The third-order valence-corrected chi connectivity index (χ3v) is 3.34. The van der Waals surface area contributed by atoms with Crippen molar-refractivity contribution >= 4 is 23.5 Å². The van der Waals surface area contributed by atoms with E-state index in [1.165, 1.54) is 7.11 Å². The lowest BCUT2D eigenvalue weighted by Gasteiger charge is -2.17. The van der Waals surface area contributed by atoms with Crippen molar-refractivity contribution in [1.29, 1.82) is 0 Å². The number of carboxylic acids is 1. The predicted molar refractivity (Wildman–Crippen MR) is 80.4 cm³/mol. The molecule has 2 atom stereocenters. The molecule has 0 aliphatic heterocycles. The van der Waals surface area contributed by atoms with Gasteiger partial charge in [-0.3, -0.25) is 4.79 Å². The lowest BCUT2D eigenvalue weighted by Crippen LogP contribution is -2.44. The van der Waals surface area contributed by atoms with Crippen molar-refractivity contribution in [3.63, 3.8) is 0 Å². The number of halogens is 1. The Morgan fingerprint density at radius 2 is 2.14 bits per heavy atom. The number of nitrogens with one attached hydrogen (secondary N) is 1. The molecule has 5 nitrogen and oxygen atoms in total. The van der Waals surface area contributed by atoms with Crippen LogP contribution in [0.25, 0.3) is 0 Å². The summed E-state index contributed by atoms with van der Waals surface area (Å²) in [6.45, 7) is 2.03. The molecule has 0 radical (unpaired) electrons. The second-order valence-electron chi connectivity index (χ2n) is 4.92. The predicted octanol–water partition coefficient (Wildman–Crippen LogP) is 2.12. The highest BCUT2D eigenvalue weighted by molar-refractivity contribution is 6.30. The molecule has 21 heavy (non-hydrogen) atoms. The molecular weight excluding hydrogens is 294 g/mol. The third-order valence-electron chi connectivity index (χ3n) is 3.10. The van der Waals surface area contributed by atoms with Crippen molar-refractivity contribution in [1.82, 2.24) is 5.32 Å². The smallest absolute Gasteiger partial charge is 0.326 e. The van der Waals surface area contributed by atoms with Crippen LogP contribution >= 0.6 is 11.6 Å². The average Bonchev–Trinajstić information content (AvgIpc) is 2.42. The topological polar surface area (TPSA) is 75.6 Å². The van der Waals surface area contributed by atoms with Crippen molar-refractivity contribution in [2.75, 3.05) is 13.7 Å². The molecule has 0 saturated heterocycles. The Balaban J connectivity index is 2.58. The van der Waals surface area contributed by atoms with Crippen LogP contribution in [0, 0.1) is 5.92 Å². The van der Waals surface area contributed by atoms with Crippen LogP contribution in [-0.2, 0) is 20.7 Å². The maximum Gasteiger partial charge on any atom is 0.326 e. The van der Waals surface area contributed by atoms with Crippen LogP contribution in [0.3, 0.4) is 0 Å². The largest absolute Gasteiger partial charge is 0.480 e. The first-order valence-corrected chi connectivity index (χ1v) is 7.08. The van der Waals surface area contributed by atoms with Crippen molar-refractivity contribution in [3.8, 4) is 0 Å². The number of methoxy groups -OCH3 is 1. The molecule has 1 amide bonds. The second-order valence-corrected chi connectivity index (χ2v) is 5.35. The van der Waals surface area contributed by atoms with Gasteiger partial charge >= 0.3 is 5.97 Å². The summed E-state index contributed by atoms with van der Waals surface area (Å²) in [7, 11) is 1.49. The van der Waals surface area contributed by atoms with Gasteiger partial charge in [-0.2, -0.15) is 0 Å². The molecule has 0 spiro atoms. The molecule has 0 aliphatic carbocycles. The second kappa shape index (κ2) is 8.64. The molecule has 1 aromatic rings. The monoisotopic (exact) mass is 313 g/mol. The highest BCUT2D eigenvalue weighted by Crippen LogP contribution is 2.14. The maximum atomic E-state index is 12.1. The van der Waals surface area contributed by atoms with Gasteiger partial charge < -0.3 is 15.2 Å². The van der Waals surface area contributed by atoms with E-state index in [4.69, 9.17) is 21.4 Å². The summed E-state index contributed by atoms with van der Waals surface area (Å²) in [4.78, 5) is 23.1. The molecule has 0 bridgehead atoms. The Morgan fingerprint density at radius 1 is 1.43 bits per heavy atom. The fourth-order valence-electron chi connectivity index (χ4n) is 1.92. The summed E-state index contributed by atoms with van der Waals surface area (Å²) >= 11 is 5.90. The lowest BCUT2D eigenvalue weighted by molar-refractivity contribution is -0.142. The SMILES string of the molecule is COCCC(NC(=O)C(C)Cc1cccc(Cl)c1)C(=O)O. The normalized spacial score (nSPS) is 13.5. The zero-order chi connectivity index (χ0) is 15.8. The first kappa shape index (κ1) is 17.5. The van der Waals surface area contributed by atoms with E-state index in [0.717, 1.165) is 5.56 Å². The number of hydrogen-bond acceptors (Lipinski definition) is 3. The van der Waals surface area contributed by atoms with E-state index in [0.29, 0.717) is 11.4 Å². The van der Waals surface area contributed by atoms with Gasteiger partial charge in [0.1, 0.15) is 6.04 Å². The van der Waals surface area contributed by atoms with E-state index in [1.54, 1.807) is 19.1 Å². The molecule has 2 unspecified atom stereocenters. The molecule has 6 heteroatoms. The minimum atomic E-state index is -1.06. The van der Waals surface area contributed by atoms with Crippen LogP contribution in [0.2, 0.25) is 5.02 Å². The van der Waals surface area contributed by atoms with E-state index >= 15 is 0 Å². The highest BCUT2D eigenvalue weighted by atomic mass is 35.5. The fourth-order valence-corrected chi connectivity index (χ4v) is 2.13. The summed E-state index contributed by atoms with van der Waals surface area (Å²) in [5.41, 5.74) is 0.939. The fraction of sp³-hybridized carbons (Fsp3) is 0.467. The highest BCUT2D eigenvalue weighted by Gasteiger charge is 2.22. The molecule has 2 N–H and O–H groups in total. The third kappa shape index (κ3) is 6.14. The number of rotatable bonds is 8. The first-order chi connectivity index (χ1) is 9.93. The number of carbonyl (C=O) groups is 2. The van der Waals surface area contributed by atoms with Gasteiger partial charge in [-0.05, 0) is 24.1 Å². The van der Waals surface area contributed by atoms with Crippen molar-refractivity contribution in [2.45, 2.75) is 25.8 Å². The number of benzene rings is 1. The van der Waals surface area contributed by atoms with Crippen LogP contribution in [-0.4, -0.2) is 36.7 Å². The van der Waals surface area contributed by atoms with Gasteiger partial charge in [-0.25, -0.2) is 4.79 Å². The Morgan fingerprint density at radius 3 is 2.71 bits per heavy atom. The molecule has 0 saturated carbocycles. The zero-order valence-corrected chi connectivity index (χ0v) is 12.9. The molecule has 1 aromatic carbocycles. The Bertz CT molecular complexity index is 492. The van der Waals surface area contributed by atoms with Gasteiger partial charge in [0, 0.05) is 31.1 Å². The number of ether oxygens (including phenoxy) is 1. The molecule has 0 heterocycles. The van der Waals surface area contributed by atoms with Gasteiger partial charge in [0.2, 0.25) is 5.91 Å². The van der Waals surface area contributed by atoms with Crippen LogP contribution in [0.15, 0.2) is 24.3 Å². The summed E-state index contributed by atoms with van der Waals surface area (Å²) in [6, 6.07) is 6.33. The van der Waals surface area contributed by atoms with Crippen molar-refractivity contribution < 1.29 is 19.4 Å². The van der Waals surface area contributed by atoms with Crippen molar-refractivity contribution in [3.05, 3.63) is 34.9 Å². The minimum absolute atomic E-state index is 0.238. The molecule has 0 fully saturated rings. The van der Waals surface area contributed by atoms with E-state index in [2.05, 4.69) is 5.32 Å². The van der Waals surface area contributed by atoms with Crippen LogP contribution in [0.5, 0.6) is 0 Å². The summed E-state index contributed by atoms with van der Waals surface area (Å²) in [6.07, 6.45) is 0.741. The van der Waals surface area contributed by atoms with Gasteiger partial charge in [0.15, 0.2) is 0 Å².